The minimum absolute atomic E-state index is 0.0717. The number of rotatable bonds is 5. The van der Waals surface area contributed by atoms with Gasteiger partial charge in [-0.05, 0) is 74.7 Å². The predicted octanol–water partition coefficient (Wildman–Crippen LogP) is 3.40. The van der Waals surface area contributed by atoms with Gasteiger partial charge in [0.15, 0.2) is 11.6 Å². The minimum atomic E-state index is -0.406. The number of hydrogen-bond donors (Lipinski definition) is 0. The van der Waals surface area contributed by atoms with Crippen LogP contribution in [-0.4, -0.2) is 28.1 Å². The lowest BCUT2D eigenvalue weighted by Gasteiger charge is -2.09. The maximum Gasteiger partial charge on any atom is 0.344 e. The molecule has 0 atom stereocenters. The molecule has 0 aliphatic heterocycles. The molecule has 0 fully saturated rings. The molecule has 0 saturated heterocycles. The number of esters is 1. The number of aromatic nitrogens is 2. The van der Waals surface area contributed by atoms with Crippen molar-refractivity contribution >= 4 is 39.4 Å². The third kappa shape index (κ3) is 3.93. The van der Waals surface area contributed by atoms with Crippen LogP contribution in [-0.2, 0) is 9.53 Å². The fourth-order valence-corrected chi connectivity index (χ4v) is 4.16. The summed E-state index contributed by atoms with van der Waals surface area (Å²) in [6.45, 7) is 7.52. The molecule has 2 heterocycles. The molecule has 4 rings (SSSR count). The van der Waals surface area contributed by atoms with Gasteiger partial charge in [0.05, 0.1) is 21.7 Å². The fraction of sp³-hybridized carbons (Fsp3) is 0.261. The molecular weight excluding hydrogens is 400 g/mol. The van der Waals surface area contributed by atoms with Crippen LogP contribution in [0.2, 0.25) is 0 Å². The highest BCUT2D eigenvalue weighted by Crippen LogP contribution is 2.21. The van der Waals surface area contributed by atoms with Gasteiger partial charge in [-0.15, -0.1) is 0 Å². The van der Waals surface area contributed by atoms with Crippen LogP contribution < -0.4 is 14.8 Å². The number of carbonyl (C=O) groups excluding carboxylic acids is 1. The molecular formula is C23H22N2O4S. The lowest BCUT2D eigenvalue weighted by atomic mass is 10.1. The first-order chi connectivity index (χ1) is 14.3. The molecule has 0 amide bonds. The van der Waals surface area contributed by atoms with Crippen molar-refractivity contribution in [2.45, 2.75) is 33.8 Å². The van der Waals surface area contributed by atoms with E-state index in [1.807, 2.05) is 44.2 Å². The second-order valence-electron chi connectivity index (χ2n) is 7.47. The Bertz CT molecular complexity index is 1350. The summed E-state index contributed by atoms with van der Waals surface area (Å²) in [6, 6.07) is 11.2. The Hall–Kier alpha value is -3.19. The van der Waals surface area contributed by atoms with Crippen molar-refractivity contribution in [2.24, 2.45) is 0 Å². The lowest BCUT2D eigenvalue weighted by Crippen LogP contribution is -2.22. The van der Waals surface area contributed by atoms with Crippen LogP contribution in [0.3, 0.4) is 0 Å². The van der Waals surface area contributed by atoms with E-state index in [1.165, 1.54) is 11.3 Å². The summed E-state index contributed by atoms with van der Waals surface area (Å²) in [6.07, 6.45) is 1.67. The summed E-state index contributed by atoms with van der Waals surface area (Å²) in [5, 5.41) is 0. The first kappa shape index (κ1) is 20.1. The summed E-state index contributed by atoms with van der Waals surface area (Å²) in [4.78, 5) is 29.8. The van der Waals surface area contributed by atoms with Gasteiger partial charge in [0.25, 0.3) is 5.56 Å². The monoisotopic (exact) mass is 422 g/mol. The Morgan fingerprint density at radius 3 is 2.57 bits per heavy atom. The highest BCUT2D eigenvalue weighted by atomic mass is 32.1. The maximum absolute atomic E-state index is 13.0. The maximum atomic E-state index is 13.0. The second-order valence-corrected chi connectivity index (χ2v) is 8.48. The van der Waals surface area contributed by atoms with Crippen LogP contribution in [0.1, 0.15) is 30.5 Å². The number of aryl methyl sites for hydroxylation is 2. The smallest absolute Gasteiger partial charge is 0.344 e. The molecule has 2 aromatic heterocycles. The van der Waals surface area contributed by atoms with Crippen molar-refractivity contribution < 1.29 is 14.3 Å². The lowest BCUT2D eigenvalue weighted by molar-refractivity contribution is -0.149. The summed E-state index contributed by atoms with van der Waals surface area (Å²) in [5.74, 6) is 0.157. The number of imidazole rings is 1. The third-order valence-electron chi connectivity index (χ3n) is 4.76. The van der Waals surface area contributed by atoms with Crippen molar-refractivity contribution in [1.29, 1.82) is 0 Å². The van der Waals surface area contributed by atoms with Crippen molar-refractivity contribution in [2.75, 3.05) is 6.61 Å². The summed E-state index contributed by atoms with van der Waals surface area (Å²) < 4.78 is 12.8. The SMILES string of the molecule is Cc1cc2nc3s/c(=C\c4ccc(OCC(=O)OC(C)C)cc4)c(=O)n3c2cc1C. The molecule has 0 N–H and O–H groups in total. The molecule has 2 aromatic carbocycles. The van der Waals surface area contributed by atoms with E-state index < -0.39 is 5.97 Å². The van der Waals surface area contributed by atoms with Crippen molar-refractivity contribution in [1.82, 2.24) is 9.38 Å². The van der Waals surface area contributed by atoms with Gasteiger partial charge >= 0.3 is 5.97 Å². The van der Waals surface area contributed by atoms with Gasteiger partial charge in [0, 0.05) is 0 Å². The van der Waals surface area contributed by atoms with Crippen LogP contribution in [0.4, 0.5) is 0 Å². The van der Waals surface area contributed by atoms with E-state index >= 15 is 0 Å². The van der Waals surface area contributed by atoms with Crippen molar-refractivity contribution in [3.8, 4) is 5.75 Å². The Morgan fingerprint density at radius 2 is 1.87 bits per heavy atom. The number of thiazole rings is 1. The van der Waals surface area contributed by atoms with Crippen molar-refractivity contribution in [3.63, 3.8) is 0 Å². The molecule has 7 heteroatoms. The molecule has 6 nitrogen and oxygen atoms in total. The molecule has 0 radical (unpaired) electrons. The zero-order valence-corrected chi connectivity index (χ0v) is 18.1. The van der Waals surface area contributed by atoms with Gasteiger partial charge in [0.2, 0.25) is 0 Å². The van der Waals surface area contributed by atoms with E-state index in [2.05, 4.69) is 4.98 Å². The zero-order valence-electron chi connectivity index (χ0n) is 17.3. The topological polar surface area (TPSA) is 69.9 Å². The Morgan fingerprint density at radius 1 is 1.17 bits per heavy atom. The predicted molar refractivity (Wildman–Crippen MR) is 118 cm³/mol. The van der Waals surface area contributed by atoms with Gasteiger partial charge < -0.3 is 9.47 Å². The molecule has 154 valence electrons. The molecule has 0 aliphatic carbocycles. The standard InChI is InChI=1S/C23H22N2O4S/c1-13(2)29-21(26)12-28-17-7-5-16(6-8-17)11-20-22(27)25-19-10-15(4)14(3)9-18(19)24-23(25)30-20/h5-11,13H,12H2,1-4H3/b20-11-. The van der Waals surface area contributed by atoms with E-state index in [4.69, 9.17) is 9.47 Å². The number of nitrogens with zero attached hydrogens (tertiary/aromatic N) is 2. The number of benzene rings is 2. The second kappa shape index (κ2) is 7.91. The summed E-state index contributed by atoms with van der Waals surface area (Å²) >= 11 is 1.37. The van der Waals surface area contributed by atoms with E-state index in [9.17, 15) is 9.59 Å². The first-order valence-corrected chi connectivity index (χ1v) is 10.5. The highest BCUT2D eigenvalue weighted by molar-refractivity contribution is 7.15. The molecule has 0 aliphatic rings. The Balaban J connectivity index is 1.60. The average molecular weight is 423 g/mol. The van der Waals surface area contributed by atoms with Crippen LogP contribution in [0.5, 0.6) is 5.75 Å². The normalized spacial score (nSPS) is 12.2. The van der Waals surface area contributed by atoms with E-state index in [-0.39, 0.29) is 18.3 Å². The van der Waals surface area contributed by atoms with Crippen LogP contribution in [0.25, 0.3) is 22.1 Å². The molecule has 0 spiro atoms. The van der Waals surface area contributed by atoms with E-state index in [0.717, 1.165) is 27.7 Å². The zero-order chi connectivity index (χ0) is 21.4. The highest BCUT2D eigenvalue weighted by Gasteiger charge is 2.12. The number of carbonyl (C=O) groups is 1. The molecule has 0 saturated carbocycles. The Kier molecular flexibility index (Phi) is 5.30. The summed E-state index contributed by atoms with van der Waals surface area (Å²) in [7, 11) is 0. The van der Waals surface area contributed by atoms with E-state index in [1.54, 1.807) is 30.4 Å². The quantitative estimate of drug-likeness (QED) is 0.461. The number of ether oxygens (including phenoxy) is 2. The van der Waals surface area contributed by atoms with Gasteiger partial charge in [-0.1, -0.05) is 23.5 Å². The van der Waals surface area contributed by atoms with Crippen LogP contribution in [0.15, 0.2) is 41.2 Å². The van der Waals surface area contributed by atoms with Gasteiger partial charge in [0.1, 0.15) is 5.75 Å². The largest absolute Gasteiger partial charge is 0.482 e. The van der Waals surface area contributed by atoms with E-state index in [0.29, 0.717) is 15.2 Å². The van der Waals surface area contributed by atoms with Crippen molar-refractivity contribution in [3.05, 3.63) is 68.0 Å². The van der Waals surface area contributed by atoms with Gasteiger partial charge in [-0.2, -0.15) is 0 Å². The molecule has 30 heavy (non-hydrogen) atoms. The first-order valence-electron chi connectivity index (χ1n) is 9.68. The average Bonchev–Trinajstić information content (AvgIpc) is 3.17. The van der Waals surface area contributed by atoms with Crippen LogP contribution >= 0.6 is 11.3 Å². The fourth-order valence-electron chi connectivity index (χ4n) is 3.17. The third-order valence-corrected chi connectivity index (χ3v) is 5.72. The molecule has 4 aromatic rings. The van der Waals surface area contributed by atoms with Gasteiger partial charge in [-0.3, -0.25) is 4.79 Å². The minimum Gasteiger partial charge on any atom is -0.482 e. The molecule has 0 bridgehead atoms. The Labute approximate surface area is 177 Å². The number of fused-ring (bicyclic) bond motifs is 3. The molecule has 0 unspecified atom stereocenters. The summed E-state index contributed by atoms with van der Waals surface area (Å²) in [5.41, 5.74) is 4.76. The van der Waals surface area contributed by atoms with Gasteiger partial charge in [-0.25, -0.2) is 14.2 Å². The number of hydrogen-bond acceptors (Lipinski definition) is 6. The van der Waals surface area contributed by atoms with Crippen LogP contribution in [0, 0.1) is 13.8 Å².